The monoisotopic (exact) mass is 432 g/mol. The second kappa shape index (κ2) is 9.31. The molecule has 0 aliphatic rings. The van der Waals surface area contributed by atoms with E-state index < -0.39 is 12.3 Å². The summed E-state index contributed by atoms with van der Waals surface area (Å²) in [6.07, 6.45) is -1.60. The maximum Gasteiger partial charge on any atom is 0.387 e. The number of halogens is 2. The quantitative estimate of drug-likeness (QED) is 0.355. The van der Waals surface area contributed by atoms with E-state index in [2.05, 4.69) is 0 Å². The van der Waals surface area contributed by atoms with Gasteiger partial charge in [-0.2, -0.15) is 0 Å². The van der Waals surface area contributed by atoms with Crippen molar-refractivity contribution in [3.8, 4) is 33.8 Å². The predicted octanol–water partition coefficient (Wildman–Crippen LogP) is 6.17. The van der Waals surface area contributed by atoms with Crippen molar-refractivity contribution in [1.29, 1.82) is 0 Å². The van der Waals surface area contributed by atoms with Crippen molar-refractivity contribution in [2.45, 2.75) is 6.29 Å². The standard InChI is InChI=1S/C26H18F2O4/c27-23-7-3-1-5-21(23)17-9-13-19(14-10-17)31-26(25(29)30)32-20-15-11-18(12-16-20)22-6-2-4-8-24(22)28/h1-16,26H,(H,29,30). The average molecular weight is 432 g/mol. The Morgan fingerprint density at radius 1 is 0.625 bits per heavy atom. The van der Waals surface area contributed by atoms with Gasteiger partial charge in [0.05, 0.1) is 0 Å². The number of benzene rings is 4. The summed E-state index contributed by atoms with van der Waals surface area (Å²) < 4.78 is 38.8. The molecular weight excluding hydrogens is 414 g/mol. The summed E-state index contributed by atoms with van der Waals surface area (Å²) in [7, 11) is 0. The zero-order chi connectivity index (χ0) is 22.5. The molecule has 0 atom stereocenters. The second-order valence-corrected chi connectivity index (χ2v) is 6.91. The Bertz CT molecular complexity index is 1130. The van der Waals surface area contributed by atoms with Crippen LogP contribution < -0.4 is 9.47 Å². The molecule has 0 aliphatic heterocycles. The van der Waals surface area contributed by atoms with E-state index in [1.165, 1.54) is 12.1 Å². The van der Waals surface area contributed by atoms with Crippen LogP contribution in [0.15, 0.2) is 97.1 Å². The van der Waals surface area contributed by atoms with Gasteiger partial charge in [0.1, 0.15) is 23.1 Å². The zero-order valence-corrected chi connectivity index (χ0v) is 16.7. The van der Waals surface area contributed by atoms with Gasteiger partial charge in [0.25, 0.3) is 0 Å². The summed E-state index contributed by atoms with van der Waals surface area (Å²) in [6.45, 7) is 0. The highest BCUT2D eigenvalue weighted by Crippen LogP contribution is 2.27. The summed E-state index contributed by atoms with van der Waals surface area (Å²) in [5, 5.41) is 9.48. The summed E-state index contributed by atoms with van der Waals surface area (Å²) in [4.78, 5) is 11.6. The van der Waals surface area contributed by atoms with Crippen molar-refractivity contribution in [2.75, 3.05) is 0 Å². The van der Waals surface area contributed by atoms with Crippen molar-refractivity contribution in [1.82, 2.24) is 0 Å². The van der Waals surface area contributed by atoms with E-state index in [1.54, 1.807) is 84.9 Å². The van der Waals surface area contributed by atoms with Crippen LogP contribution >= 0.6 is 0 Å². The topological polar surface area (TPSA) is 55.8 Å². The molecule has 32 heavy (non-hydrogen) atoms. The minimum absolute atomic E-state index is 0.250. The van der Waals surface area contributed by atoms with Crippen molar-refractivity contribution in [2.24, 2.45) is 0 Å². The lowest BCUT2D eigenvalue weighted by atomic mass is 10.1. The average Bonchev–Trinajstić information content (AvgIpc) is 2.80. The molecule has 160 valence electrons. The molecule has 4 aromatic rings. The Morgan fingerprint density at radius 2 is 1.00 bits per heavy atom. The number of rotatable bonds is 7. The molecule has 4 aromatic carbocycles. The Kier molecular flexibility index (Phi) is 6.12. The van der Waals surface area contributed by atoms with Crippen LogP contribution in [0.2, 0.25) is 0 Å². The molecule has 0 saturated carbocycles. The number of carboxylic acids is 1. The van der Waals surface area contributed by atoms with Gasteiger partial charge in [-0.15, -0.1) is 0 Å². The van der Waals surface area contributed by atoms with Gasteiger partial charge in [-0.1, -0.05) is 60.7 Å². The lowest BCUT2D eigenvalue weighted by Crippen LogP contribution is -2.33. The fourth-order valence-electron chi connectivity index (χ4n) is 3.19. The summed E-state index contributed by atoms with van der Waals surface area (Å²) in [6, 6.07) is 25.4. The molecule has 0 heterocycles. The first-order chi connectivity index (χ1) is 15.5. The maximum atomic E-state index is 13.9. The minimum Gasteiger partial charge on any atom is -0.476 e. The maximum absolute atomic E-state index is 13.9. The van der Waals surface area contributed by atoms with Crippen molar-refractivity contribution >= 4 is 5.97 Å². The number of ether oxygens (including phenoxy) is 2. The molecule has 0 fully saturated rings. The van der Waals surface area contributed by atoms with E-state index in [4.69, 9.17) is 9.47 Å². The first-order valence-corrected chi connectivity index (χ1v) is 9.77. The molecule has 0 amide bonds. The molecule has 0 aliphatic carbocycles. The van der Waals surface area contributed by atoms with Gasteiger partial charge in [-0.3, -0.25) is 0 Å². The number of aliphatic carboxylic acids is 1. The lowest BCUT2D eigenvalue weighted by Gasteiger charge is -2.17. The number of carbonyl (C=O) groups is 1. The highest BCUT2D eigenvalue weighted by Gasteiger charge is 2.22. The molecule has 6 heteroatoms. The Balaban J connectivity index is 1.47. The van der Waals surface area contributed by atoms with Crippen LogP contribution in [-0.2, 0) is 4.79 Å². The number of hydrogen-bond acceptors (Lipinski definition) is 3. The van der Waals surface area contributed by atoms with Crippen LogP contribution in [0.1, 0.15) is 0 Å². The molecule has 0 unspecified atom stereocenters. The molecule has 0 spiro atoms. The van der Waals surface area contributed by atoms with Gasteiger partial charge in [-0.25, -0.2) is 13.6 Å². The summed E-state index contributed by atoms with van der Waals surface area (Å²) >= 11 is 0. The highest BCUT2D eigenvalue weighted by atomic mass is 19.1. The van der Waals surface area contributed by atoms with E-state index in [9.17, 15) is 18.7 Å². The van der Waals surface area contributed by atoms with Gasteiger partial charge in [0, 0.05) is 11.1 Å². The van der Waals surface area contributed by atoms with Crippen molar-refractivity contribution in [3.63, 3.8) is 0 Å². The van der Waals surface area contributed by atoms with Gasteiger partial charge in [0.15, 0.2) is 0 Å². The van der Waals surface area contributed by atoms with Crippen LogP contribution in [0, 0.1) is 11.6 Å². The molecular formula is C26H18F2O4. The van der Waals surface area contributed by atoms with E-state index >= 15 is 0 Å². The normalized spacial score (nSPS) is 10.7. The smallest absolute Gasteiger partial charge is 0.387 e. The van der Waals surface area contributed by atoms with Crippen molar-refractivity contribution in [3.05, 3.63) is 109 Å². The Morgan fingerprint density at radius 3 is 1.34 bits per heavy atom. The third-order valence-corrected chi connectivity index (χ3v) is 4.77. The molecule has 0 saturated heterocycles. The third kappa shape index (κ3) is 4.75. The molecule has 0 radical (unpaired) electrons. The van der Waals surface area contributed by atoms with Gasteiger partial charge in [-0.05, 0) is 47.5 Å². The van der Waals surface area contributed by atoms with E-state index in [0.717, 1.165) is 0 Å². The van der Waals surface area contributed by atoms with Gasteiger partial charge < -0.3 is 14.6 Å². The fourth-order valence-corrected chi connectivity index (χ4v) is 3.19. The van der Waals surface area contributed by atoms with E-state index in [0.29, 0.717) is 22.3 Å². The summed E-state index contributed by atoms with van der Waals surface area (Å²) in [5.41, 5.74) is 2.12. The first kappa shape index (κ1) is 21.1. The van der Waals surface area contributed by atoms with Crippen LogP contribution in [0.3, 0.4) is 0 Å². The van der Waals surface area contributed by atoms with Gasteiger partial charge >= 0.3 is 12.3 Å². The van der Waals surface area contributed by atoms with Crippen molar-refractivity contribution < 1.29 is 28.2 Å². The molecule has 4 rings (SSSR count). The molecule has 4 nitrogen and oxygen atoms in total. The van der Waals surface area contributed by atoms with Crippen LogP contribution in [0.25, 0.3) is 22.3 Å². The van der Waals surface area contributed by atoms with E-state index in [-0.39, 0.29) is 23.1 Å². The van der Waals surface area contributed by atoms with Crippen LogP contribution in [-0.4, -0.2) is 17.4 Å². The zero-order valence-electron chi connectivity index (χ0n) is 16.7. The number of carboxylic acid groups (broad SMARTS) is 1. The minimum atomic E-state index is -1.60. The third-order valence-electron chi connectivity index (χ3n) is 4.77. The second-order valence-electron chi connectivity index (χ2n) is 6.91. The Labute approximate surface area is 183 Å². The molecule has 0 aromatic heterocycles. The Hall–Kier alpha value is -4.19. The molecule has 1 N–H and O–H groups in total. The largest absolute Gasteiger partial charge is 0.476 e. The van der Waals surface area contributed by atoms with E-state index in [1.807, 2.05) is 0 Å². The number of hydrogen-bond donors (Lipinski definition) is 1. The fraction of sp³-hybridized carbons (Fsp3) is 0.0385. The van der Waals surface area contributed by atoms with Crippen LogP contribution in [0.4, 0.5) is 8.78 Å². The first-order valence-electron chi connectivity index (χ1n) is 9.77. The summed E-state index contributed by atoms with van der Waals surface area (Å²) in [5.74, 6) is -1.53. The van der Waals surface area contributed by atoms with Gasteiger partial charge in [0.2, 0.25) is 0 Å². The molecule has 0 bridgehead atoms. The SMILES string of the molecule is O=C(O)C(Oc1ccc(-c2ccccc2F)cc1)Oc1ccc(-c2ccccc2F)cc1. The van der Waals surface area contributed by atoms with Crippen LogP contribution in [0.5, 0.6) is 11.5 Å². The highest BCUT2D eigenvalue weighted by molar-refractivity contribution is 5.72. The lowest BCUT2D eigenvalue weighted by molar-refractivity contribution is -0.158. The predicted molar refractivity (Wildman–Crippen MR) is 116 cm³/mol.